The number of rotatable bonds is 8. The van der Waals surface area contributed by atoms with Crippen LogP contribution in [0, 0.1) is 0 Å². The summed E-state index contributed by atoms with van der Waals surface area (Å²) < 4.78 is 1.84. The van der Waals surface area contributed by atoms with Crippen molar-refractivity contribution in [2.24, 2.45) is 0 Å². The average Bonchev–Trinajstić information content (AvgIpc) is 2.74. The van der Waals surface area contributed by atoms with Gasteiger partial charge >= 0.3 is 0 Å². The van der Waals surface area contributed by atoms with Crippen LogP contribution in [0.1, 0.15) is 12.1 Å². The number of amides is 1. The molecule has 0 radical (unpaired) electrons. The van der Waals surface area contributed by atoms with Crippen molar-refractivity contribution in [2.75, 3.05) is 27.2 Å². The standard InChI is InChI=1S/C10H19N5O/c1-11-5-3-6-15-8-10(12-13-15)4-7-14(2)9-16/h8-9,11H,3-7H2,1-2H3. The minimum atomic E-state index is 0.679. The Balaban J connectivity index is 2.30. The summed E-state index contributed by atoms with van der Waals surface area (Å²) in [6.07, 6.45) is 4.54. The molecule has 6 heteroatoms. The van der Waals surface area contributed by atoms with Gasteiger partial charge in [0, 0.05) is 32.8 Å². The highest BCUT2D eigenvalue weighted by Crippen LogP contribution is 1.96. The molecule has 0 fully saturated rings. The van der Waals surface area contributed by atoms with Crippen molar-refractivity contribution in [2.45, 2.75) is 19.4 Å². The molecular weight excluding hydrogens is 206 g/mol. The number of carbonyl (C=O) groups excluding carboxylic acids is 1. The second kappa shape index (κ2) is 6.95. The number of aromatic nitrogens is 3. The van der Waals surface area contributed by atoms with Gasteiger partial charge in [0.2, 0.25) is 6.41 Å². The number of aryl methyl sites for hydroxylation is 1. The molecule has 1 amide bonds. The molecule has 0 unspecified atom stereocenters. The van der Waals surface area contributed by atoms with E-state index in [0.29, 0.717) is 6.54 Å². The van der Waals surface area contributed by atoms with Crippen LogP contribution < -0.4 is 5.32 Å². The van der Waals surface area contributed by atoms with Gasteiger partial charge in [-0.05, 0) is 20.0 Å². The zero-order chi connectivity index (χ0) is 11.8. The third kappa shape index (κ3) is 4.39. The van der Waals surface area contributed by atoms with Crippen molar-refractivity contribution in [3.05, 3.63) is 11.9 Å². The smallest absolute Gasteiger partial charge is 0.209 e. The number of hydrogen-bond acceptors (Lipinski definition) is 4. The first-order valence-corrected chi connectivity index (χ1v) is 5.45. The van der Waals surface area contributed by atoms with Crippen LogP contribution in [0.15, 0.2) is 6.20 Å². The van der Waals surface area contributed by atoms with Crippen LogP contribution in [0.25, 0.3) is 0 Å². The van der Waals surface area contributed by atoms with Gasteiger partial charge in [0.15, 0.2) is 0 Å². The Morgan fingerprint density at radius 1 is 1.62 bits per heavy atom. The van der Waals surface area contributed by atoms with Gasteiger partial charge in [-0.2, -0.15) is 0 Å². The lowest BCUT2D eigenvalue weighted by Gasteiger charge is -2.07. The van der Waals surface area contributed by atoms with E-state index in [-0.39, 0.29) is 0 Å². The van der Waals surface area contributed by atoms with E-state index >= 15 is 0 Å². The average molecular weight is 225 g/mol. The van der Waals surface area contributed by atoms with Gasteiger partial charge in [-0.1, -0.05) is 5.21 Å². The SMILES string of the molecule is CNCCCn1cc(CCN(C)C=O)nn1. The second-order valence-corrected chi connectivity index (χ2v) is 3.77. The van der Waals surface area contributed by atoms with Crippen LogP contribution in [-0.2, 0) is 17.8 Å². The molecule has 1 aromatic heterocycles. The predicted molar refractivity (Wildman–Crippen MR) is 61.0 cm³/mol. The van der Waals surface area contributed by atoms with Crippen LogP contribution in [0.4, 0.5) is 0 Å². The highest BCUT2D eigenvalue weighted by atomic mass is 16.1. The molecular formula is C10H19N5O. The van der Waals surface area contributed by atoms with Gasteiger partial charge in [0.25, 0.3) is 0 Å². The Morgan fingerprint density at radius 3 is 3.12 bits per heavy atom. The largest absolute Gasteiger partial charge is 0.348 e. The van der Waals surface area contributed by atoms with E-state index in [4.69, 9.17) is 0 Å². The summed E-state index contributed by atoms with van der Waals surface area (Å²) in [6.45, 7) is 2.53. The Bertz CT molecular complexity index is 312. The Hall–Kier alpha value is -1.43. The third-order valence-electron chi connectivity index (χ3n) is 2.30. The van der Waals surface area contributed by atoms with Crippen molar-refractivity contribution < 1.29 is 4.79 Å². The monoisotopic (exact) mass is 225 g/mol. The van der Waals surface area contributed by atoms with Crippen molar-refractivity contribution >= 4 is 6.41 Å². The van der Waals surface area contributed by atoms with Crippen molar-refractivity contribution in [1.29, 1.82) is 0 Å². The quantitative estimate of drug-likeness (QED) is 0.479. The summed E-state index contributed by atoms with van der Waals surface area (Å²) >= 11 is 0. The van der Waals surface area contributed by atoms with Gasteiger partial charge in [-0.3, -0.25) is 9.48 Å². The maximum atomic E-state index is 10.4. The van der Waals surface area contributed by atoms with E-state index < -0.39 is 0 Å². The van der Waals surface area contributed by atoms with Crippen LogP contribution >= 0.6 is 0 Å². The fraction of sp³-hybridized carbons (Fsp3) is 0.700. The van der Waals surface area contributed by atoms with Crippen LogP contribution in [-0.4, -0.2) is 53.5 Å². The molecule has 0 spiro atoms. The fourth-order valence-corrected chi connectivity index (χ4v) is 1.32. The molecule has 0 aliphatic heterocycles. The first-order chi connectivity index (χ1) is 7.76. The van der Waals surface area contributed by atoms with Gasteiger partial charge in [0.05, 0.1) is 5.69 Å². The van der Waals surface area contributed by atoms with Gasteiger partial charge < -0.3 is 10.2 Å². The lowest BCUT2D eigenvalue weighted by atomic mass is 10.3. The van der Waals surface area contributed by atoms with E-state index in [1.54, 1.807) is 11.9 Å². The summed E-state index contributed by atoms with van der Waals surface area (Å²) in [7, 11) is 3.69. The number of nitrogens with one attached hydrogen (secondary N) is 1. The van der Waals surface area contributed by atoms with E-state index in [9.17, 15) is 4.79 Å². The third-order valence-corrected chi connectivity index (χ3v) is 2.30. The molecule has 0 aliphatic carbocycles. The van der Waals surface area contributed by atoms with Gasteiger partial charge in [-0.25, -0.2) is 0 Å². The summed E-state index contributed by atoms with van der Waals surface area (Å²) in [6, 6.07) is 0. The molecule has 90 valence electrons. The molecule has 0 aromatic carbocycles. The van der Waals surface area contributed by atoms with Gasteiger partial charge in [-0.15, -0.1) is 5.10 Å². The maximum absolute atomic E-state index is 10.4. The minimum Gasteiger partial charge on any atom is -0.348 e. The highest BCUT2D eigenvalue weighted by molar-refractivity contribution is 5.46. The first-order valence-electron chi connectivity index (χ1n) is 5.45. The topological polar surface area (TPSA) is 63.1 Å². The van der Waals surface area contributed by atoms with E-state index in [0.717, 1.165) is 38.0 Å². The number of likely N-dealkylation sites (N-methyl/N-ethyl adjacent to an activating group) is 1. The second-order valence-electron chi connectivity index (χ2n) is 3.77. The molecule has 1 aromatic rings. The minimum absolute atomic E-state index is 0.679. The molecule has 1 N–H and O–H groups in total. The van der Waals surface area contributed by atoms with Crippen LogP contribution in [0.2, 0.25) is 0 Å². The summed E-state index contributed by atoms with van der Waals surface area (Å²) in [5.41, 5.74) is 0.929. The summed E-state index contributed by atoms with van der Waals surface area (Å²) in [5, 5.41) is 11.2. The first kappa shape index (κ1) is 12.6. The molecule has 0 atom stereocenters. The van der Waals surface area contributed by atoms with E-state index in [2.05, 4.69) is 15.6 Å². The predicted octanol–water partition coefficient (Wildman–Crippen LogP) is -0.482. The molecule has 0 saturated carbocycles. The lowest BCUT2D eigenvalue weighted by Crippen LogP contribution is -2.18. The van der Waals surface area contributed by atoms with E-state index in [1.807, 2.05) is 17.9 Å². The number of hydrogen-bond donors (Lipinski definition) is 1. The molecule has 0 aliphatic rings. The molecule has 6 nitrogen and oxygen atoms in total. The van der Waals surface area contributed by atoms with Crippen LogP contribution in [0.3, 0.4) is 0 Å². The highest BCUT2D eigenvalue weighted by Gasteiger charge is 2.01. The fourth-order valence-electron chi connectivity index (χ4n) is 1.32. The number of carbonyl (C=O) groups is 1. The van der Waals surface area contributed by atoms with Gasteiger partial charge in [0.1, 0.15) is 0 Å². The molecule has 1 rings (SSSR count). The summed E-state index contributed by atoms with van der Waals surface area (Å²) in [5.74, 6) is 0. The molecule has 1 heterocycles. The van der Waals surface area contributed by atoms with Crippen molar-refractivity contribution in [3.63, 3.8) is 0 Å². The van der Waals surface area contributed by atoms with Crippen molar-refractivity contribution in [3.8, 4) is 0 Å². The zero-order valence-corrected chi connectivity index (χ0v) is 9.89. The summed E-state index contributed by atoms with van der Waals surface area (Å²) in [4.78, 5) is 12.0. The normalized spacial score (nSPS) is 10.4. The Morgan fingerprint density at radius 2 is 2.44 bits per heavy atom. The molecule has 0 bridgehead atoms. The lowest BCUT2D eigenvalue weighted by molar-refractivity contribution is -0.116. The van der Waals surface area contributed by atoms with Crippen molar-refractivity contribution in [1.82, 2.24) is 25.2 Å². The maximum Gasteiger partial charge on any atom is 0.209 e. The van der Waals surface area contributed by atoms with E-state index in [1.165, 1.54) is 0 Å². The molecule has 0 saturated heterocycles. The molecule has 16 heavy (non-hydrogen) atoms. The van der Waals surface area contributed by atoms with Crippen LogP contribution in [0.5, 0.6) is 0 Å². The Kier molecular flexibility index (Phi) is 5.49. The Labute approximate surface area is 95.6 Å². The number of nitrogens with zero attached hydrogens (tertiary/aromatic N) is 4. The zero-order valence-electron chi connectivity index (χ0n) is 9.89.